The van der Waals surface area contributed by atoms with Crippen molar-refractivity contribution in [2.75, 3.05) is 19.7 Å². The van der Waals surface area contributed by atoms with Gasteiger partial charge in [-0.1, -0.05) is 54.6 Å². The summed E-state index contributed by atoms with van der Waals surface area (Å²) in [7, 11) is 0. The van der Waals surface area contributed by atoms with Crippen LogP contribution >= 0.6 is 0 Å². The first kappa shape index (κ1) is 37.7. The van der Waals surface area contributed by atoms with Gasteiger partial charge < -0.3 is 55.5 Å². The van der Waals surface area contributed by atoms with Gasteiger partial charge >= 0.3 is 11.9 Å². The van der Waals surface area contributed by atoms with Crippen molar-refractivity contribution in [3.63, 3.8) is 0 Å². The molecule has 0 amide bonds. The number of quaternary nitrogens is 2. The van der Waals surface area contributed by atoms with Gasteiger partial charge in [0.05, 0.1) is 30.0 Å². The van der Waals surface area contributed by atoms with Gasteiger partial charge in [-0.3, -0.25) is 0 Å². The molecule has 2 unspecified atom stereocenters. The SMILES string of the molecule is CC(CC[NH2+]Cc1ccccc1)[NH2+]CC(O)COc1cccc2[nH]c3ccccc3c12.O=C([O-])/C=C/C(=O)O.O=C([O-])/C=C/C(=O)O. The third-order valence-electron chi connectivity index (χ3n) is 6.51. The Balaban J connectivity index is 0.000000397. The lowest BCUT2D eigenvalue weighted by atomic mass is 10.1. The van der Waals surface area contributed by atoms with E-state index in [1.54, 1.807) is 0 Å². The molecule has 0 aliphatic carbocycles. The summed E-state index contributed by atoms with van der Waals surface area (Å²) in [6.45, 7) is 5.26. The molecule has 0 fully saturated rings. The average molecular weight is 650 g/mol. The number of hydrogen-bond acceptors (Lipinski definition) is 8. The molecule has 0 aliphatic rings. The van der Waals surface area contributed by atoms with Crippen molar-refractivity contribution in [1.29, 1.82) is 0 Å². The molecule has 0 radical (unpaired) electrons. The number of ether oxygens (including phenoxy) is 1. The van der Waals surface area contributed by atoms with Crippen molar-refractivity contribution in [3.05, 3.63) is 103 Å². The van der Waals surface area contributed by atoms with E-state index in [4.69, 9.17) is 14.9 Å². The first-order chi connectivity index (χ1) is 22.5. The van der Waals surface area contributed by atoms with Gasteiger partial charge in [0.15, 0.2) is 0 Å². The van der Waals surface area contributed by atoms with Crippen molar-refractivity contribution in [2.24, 2.45) is 0 Å². The molecule has 0 saturated heterocycles. The number of nitrogens with two attached hydrogens (primary N) is 2. The maximum absolute atomic E-state index is 10.4. The lowest BCUT2D eigenvalue weighted by molar-refractivity contribution is -0.710. The van der Waals surface area contributed by atoms with Gasteiger partial charge in [0.2, 0.25) is 0 Å². The molecule has 0 aliphatic heterocycles. The number of aliphatic hydroxyl groups is 1. The normalized spacial score (nSPS) is 12.1. The number of para-hydroxylation sites is 1. The number of carbonyl (C=O) groups excluding carboxylic acids is 2. The molecule has 13 heteroatoms. The maximum atomic E-state index is 10.4. The highest BCUT2D eigenvalue weighted by molar-refractivity contribution is 6.10. The highest BCUT2D eigenvalue weighted by atomic mass is 16.5. The van der Waals surface area contributed by atoms with E-state index in [9.17, 15) is 34.5 Å². The monoisotopic (exact) mass is 649 g/mol. The van der Waals surface area contributed by atoms with Gasteiger partial charge in [0.25, 0.3) is 0 Å². The average Bonchev–Trinajstić information content (AvgIpc) is 3.43. The minimum Gasteiger partial charge on any atom is -0.545 e. The molecule has 0 saturated carbocycles. The molecule has 0 bridgehead atoms. The van der Waals surface area contributed by atoms with Gasteiger partial charge in [0, 0.05) is 40.4 Å². The third-order valence-corrected chi connectivity index (χ3v) is 6.51. The number of nitrogens with one attached hydrogen (secondary N) is 1. The maximum Gasteiger partial charge on any atom is 0.328 e. The molecule has 3 aromatic carbocycles. The van der Waals surface area contributed by atoms with Crippen molar-refractivity contribution < 1.29 is 60.1 Å². The molecule has 250 valence electrons. The second-order valence-electron chi connectivity index (χ2n) is 10.3. The summed E-state index contributed by atoms with van der Waals surface area (Å²) >= 11 is 0. The van der Waals surface area contributed by atoms with E-state index in [1.165, 1.54) is 5.56 Å². The summed E-state index contributed by atoms with van der Waals surface area (Å²) in [6.07, 6.45) is 2.49. The van der Waals surface area contributed by atoms with Crippen LogP contribution in [-0.4, -0.2) is 76.0 Å². The minimum atomic E-state index is -1.51. The topological polar surface area (TPSA) is 233 Å². The largest absolute Gasteiger partial charge is 0.545 e. The standard InChI is InChI=1S/C26H31N3O2.2C4H4O4/c1-19(14-15-27-16-20-8-3-2-4-9-20)28-17-21(30)18-31-25-13-7-12-24-26(25)22-10-5-6-11-23(22)29-24;2*5-3(6)1-2-4(7)8/h2-13,19,21,27-30H,14-18H2,1H3;2*1-2H,(H,5,6)(H,7,8)/b;2*2-1+. The second kappa shape index (κ2) is 20.5. The fourth-order valence-corrected chi connectivity index (χ4v) is 4.29. The number of fused-ring (bicyclic) bond motifs is 3. The summed E-state index contributed by atoms with van der Waals surface area (Å²) < 4.78 is 6.03. The van der Waals surface area contributed by atoms with Crippen LogP contribution in [0.5, 0.6) is 5.75 Å². The van der Waals surface area contributed by atoms with Crippen LogP contribution in [0.15, 0.2) is 97.1 Å². The third kappa shape index (κ3) is 15.4. The summed E-state index contributed by atoms with van der Waals surface area (Å²) in [5.74, 6) is -4.79. The number of H-pyrrole nitrogens is 1. The number of aromatic nitrogens is 1. The fraction of sp³-hybridized carbons (Fsp3) is 0.235. The number of hydrogen-bond donors (Lipinski definition) is 6. The number of benzene rings is 3. The van der Waals surface area contributed by atoms with Crippen LogP contribution < -0.4 is 25.6 Å². The Morgan fingerprint density at radius 2 is 1.43 bits per heavy atom. The zero-order valence-electron chi connectivity index (χ0n) is 25.8. The summed E-state index contributed by atoms with van der Waals surface area (Å²) in [5.41, 5.74) is 3.51. The summed E-state index contributed by atoms with van der Waals surface area (Å²) in [5, 5.41) is 51.7. The highest BCUT2D eigenvalue weighted by Gasteiger charge is 2.14. The zero-order valence-corrected chi connectivity index (χ0v) is 25.8. The van der Waals surface area contributed by atoms with E-state index in [0.717, 1.165) is 47.1 Å². The second-order valence-corrected chi connectivity index (χ2v) is 10.3. The molecule has 8 N–H and O–H groups in total. The van der Waals surface area contributed by atoms with E-state index in [0.29, 0.717) is 43.5 Å². The van der Waals surface area contributed by atoms with Crippen molar-refractivity contribution >= 4 is 45.7 Å². The Morgan fingerprint density at radius 1 is 0.830 bits per heavy atom. The van der Waals surface area contributed by atoms with Crippen LogP contribution in [0.2, 0.25) is 0 Å². The van der Waals surface area contributed by atoms with E-state index in [2.05, 4.69) is 71.1 Å². The number of carboxylic acids is 4. The highest BCUT2D eigenvalue weighted by Crippen LogP contribution is 2.32. The lowest BCUT2D eigenvalue weighted by Crippen LogP contribution is -2.93. The van der Waals surface area contributed by atoms with E-state index >= 15 is 0 Å². The molecular formula is C34H39N3O10. The predicted molar refractivity (Wildman–Crippen MR) is 169 cm³/mol. The van der Waals surface area contributed by atoms with E-state index in [1.807, 2.05) is 24.3 Å². The Bertz CT molecular complexity index is 1580. The van der Waals surface area contributed by atoms with Crippen LogP contribution in [0.3, 0.4) is 0 Å². The van der Waals surface area contributed by atoms with Crippen molar-refractivity contribution in [2.45, 2.75) is 32.0 Å². The molecule has 4 rings (SSSR count). The van der Waals surface area contributed by atoms with Gasteiger partial charge in [-0.2, -0.15) is 0 Å². The Kier molecular flexibility index (Phi) is 16.4. The quantitative estimate of drug-likeness (QED) is 0.0673. The number of carbonyl (C=O) groups is 4. The number of carboxylic acid groups (broad SMARTS) is 4. The summed E-state index contributed by atoms with van der Waals surface area (Å²) in [6, 6.07) is 25.3. The summed E-state index contributed by atoms with van der Waals surface area (Å²) in [4.78, 5) is 41.4. The van der Waals surface area contributed by atoms with Crippen molar-refractivity contribution in [3.8, 4) is 5.75 Å². The molecule has 2 atom stereocenters. The Labute approximate surface area is 270 Å². The van der Waals surface area contributed by atoms with E-state index < -0.39 is 30.0 Å². The lowest BCUT2D eigenvalue weighted by Gasteiger charge is -2.15. The molecule has 47 heavy (non-hydrogen) atoms. The number of aromatic amines is 1. The number of aliphatic carboxylic acids is 4. The molecule has 1 aromatic heterocycles. The van der Waals surface area contributed by atoms with E-state index in [-0.39, 0.29) is 0 Å². The number of rotatable bonds is 15. The number of aliphatic hydroxyl groups excluding tert-OH is 1. The Hall–Kier alpha value is -5.50. The molecule has 0 spiro atoms. The van der Waals surface area contributed by atoms with Gasteiger partial charge in [0.1, 0.15) is 31.5 Å². The van der Waals surface area contributed by atoms with Crippen LogP contribution in [-0.2, 0) is 25.7 Å². The van der Waals surface area contributed by atoms with Crippen LogP contribution in [0.4, 0.5) is 0 Å². The molecule has 4 aromatic rings. The van der Waals surface area contributed by atoms with Crippen molar-refractivity contribution in [1.82, 2.24) is 4.98 Å². The van der Waals surface area contributed by atoms with Gasteiger partial charge in [-0.25, -0.2) is 9.59 Å². The molecule has 13 nitrogen and oxygen atoms in total. The zero-order chi connectivity index (χ0) is 34.6. The molecular weight excluding hydrogens is 610 g/mol. The molecule has 1 heterocycles. The van der Waals surface area contributed by atoms with Crippen LogP contribution in [0.1, 0.15) is 18.9 Å². The predicted octanol–water partition coefficient (Wildman–Crippen LogP) is -1.08. The van der Waals surface area contributed by atoms with Crippen LogP contribution in [0, 0.1) is 0 Å². The smallest absolute Gasteiger partial charge is 0.328 e. The van der Waals surface area contributed by atoms with Crippen LogP contribution in [0.25, 0.3) is 21.8 Å². The Morgan fingerprint density at radius 3 is 2.02 bits per heavy atom. The first-order valence-corrected chi connectivity index (χ1v) is 14.7. The van der Waals surface area contributed by atoms with Gasteiger partial charge in [-0.15, -0.1) is 0 Å². The fourth-order valence-electron chi connectivity index (χ4n) is 4.29. The van der Waals surface area contributed by atoms with Gasteiger partial charge in [-0.05, 0) is 37.3 Å². The minimum absolute atomic E-state index is 0.294. The first-order valence-electron chi connectivity index (χ1n) is 14.7.